The smallest absolute Gasteiger partial charge is 0.258 e. The second-order valence-corrected chi connectivity index (χ2v) is 3.71. The van der Waals surface area contributed by atoms with Gasteiger partial charge in [-0.3, -0.25) is 20.4 Å². The first-order chi connectivity index (χ1) is 8.75. The van der Waals surface area contributed by atoms with E-state index in [9.17, 15) is 9.59 Å². The molecule has 0 aliphatic rings. The predicted molar refractivity (Wildman–Crippen MR) is 68.9 cm³/mol. The lowest BCUT2D eigenvalue weighted by molar-refractivity contribution is -0.121. The summed E-state index contributed by atoms with van der Waals surface area (Å²) in [5, 5.41) is 0. The van der Waals surface area contributed by atoms with Gasteiger partial charge < -0.3 is 4.57 Å². The maximum atomic E-state index is 11.6. The third kappa shape index (κ3) is 3.21. The Labute approximate surface area is 104 Å². The highest BCUT2D eigenvalue weighted by Gasteiger charge is 2.02. The average Bonchev–Trinajstić information content (AvgIpc) is 2.40. The summed E-state index contributed by atoms with van der Waals surface area (Å²) < 4.78 is 1.34. The number of anilines is 1. The highest BCUT2D eigenvalue weighted by Crippen LogP contribution is 2.02. The van der Waals surface area contributed by atoms with Crippen LogP contribution in [-0.2, 0) is 11.3 Å². The topological polar surface area (TPSA) is 63.1 Å². The van der Waals surface area contributed by atoms with Crippen LogP contribution in [0.1, 0.15) is 0 Å². The highest BCUT2D eigenvalue weighted by molar-refractivity contribution is 5.77. The molecule has 1 aromatic carbocycles. The van der Waals surface area contributed by atoms with Crippen molar-refractivity contribution in [1.82, 2.24) is 9.99 Å². The van der Waals surface area contributed by atoms with Gasteiger partial charge in [-0.1, -0.05) is 24.3 Å². The number of nitrogens with zero attached hydrogens (tertiary/aromatic N) is 1. The molecule has 92 valence electrons. The summed E-state index contributed by atoms with van der Waals surface area (Å²) in [5.41, 5.74) is 5.88. The summed E-state index contributed by atoms with van der Waals surface area (Å²) in [6, 6.07) is 14.0. The Morgan fingerprint density at radius 3 is 2.50 bits per heavy atom. The molecule has 0 unspecified atom stereocenters. The summed E-state index contributed by atoms with van der Waals surface area (Å²) >= 11 is 0. The average molecular weight is 243 g/mol. The second-order valence-electron chi connectivity index (χ2n) is 3.71. The van der Waals surface area contributed by atoms with E-state index >= 15 is 0 Å². The van der Waals surface area contributed by atoms with Gasteiger partial charge in [0.25, 0.3) is 11.5 Å². The lowest BCUT2D eigenvalue weighted by atomic mass is 10.3. The molecule has 0 bridgehead atoms. The Kier molecular flexibility index (Phi) is 3.76. The van der Waals surface area contributed by atoms with Crippen molar-refractivity contribution < 1.29 is 4.79 Å². The molecule has 0 aliphatic carbocycles. The van der Waals surface area contributed by atoms with Gasteiger partial charge in [-0.05, 0) is 18.2 Å². The first-order valence-corrected chi connectivity index (χ1v) is 5.51. The van der Waals surface area contributed by atoms with Crippen LogP contribution in [0.15, 0.2) is 59.5 Å². The van der Waals surface area contributed by atoms with Crippen LogP contribution in [0.25, 0.3) is 0 Å². The van der Waals surface area contributed by atoms with Crippen LogP contribution in [0.2, 0.25) is 0 Å². The third-order valence-corrected chi connectivity index (χ3v) is 2.33. The maximum absolute atomic E-state index is 11.6. The van der Waals surface area contributed by atoms with Gasteiger partial charge >= 0.3 is 0 Å². The first-order valence-electron chi connectivity index (χ1n) is 5.51. The van der Waals surface area contributed by atoms with Gasteiger partial charge in [0.05, 0.1) is 5.69 Å². The molecule has 2 aromatic rings. The molecule has 0 fully saturated rings. The number of para-hydroxylation sites is 1. The minimum absolute atomic E-state index is 0.0144. The molecule has 1 aromatic heterocycles. The molecule has 0 aliphatic heterocycles. The number of carbonyl (C=O) groups is 1. The van der Waals surface area contributed by atoms with Gasteiger partial charge in [-0.15, -0.1) is 0 Å². The van der Waals surface area contributed by atoms with Crippen molar-refractivity contribution in [2.45, 2.75) is 6.54 Å². The summed E-state index contributed by atoms with van der Waals surface area (Å²) in [4.78, 5) is 23.0. The van der Waals surface area contributed by atoms with Crippen LogP contribution in [0, 0.1) is 0 Å². The Balaban J connectivity index is 1.90. The van der Waals surface area contributed by atoms with Gasteiger partial charge in [-0.2, -0.15) is 0 Å². The van der Waals surface area contributed by atoms with Crippen molar-refractivity contribution in [3.8, 4) is 0 Å². The summed E-state index contributed by atoms with van der Waals surface area (Å²) in [7, 11) is 0. The minimum Gasteiger partial charge on any atom is -0.306 e. The Bertz CT molecular complexity index is 578. The molecule has 5 nitrogen and oxygen atoms in total. The number of aromatic nitrogens is 1. The van der Waals surface area contributed by atoms with Gasteiger partial charge in [-0.25, -0.2) is 0 Å². The minimum atomic E-state index is -0.285. The van der Waals surface area contributed by atoms with Crippen LogP contribution in [-0.4, -0.2) is 10.5 Å². The second kappa shape index (κ2) is 5.67. The van der Waals surface area contributed by atoms with Gasteiger partial charge in [0, 0.05) is 12.3 Å². The molecule has 0 radical (unpaired) electrons. The largest absolute Gasteiger partial charge is 0.306 e. The lowest BCUT2D eigenvalue weighted by Crippen LogP contribution is -2.35. The molecule has 0 spiro atoms. The first kappa shape index (κ1) is 11.9. The number of hydrogen-bond acceptors (Lipinski definition) is 3. The van der Waals surface area contributed by atoms with Crippen molar-refractivity contribution in [3.05, 3.63) is 65.1 Å². The highest BCUT2D eigenvalue weighted by atomic mass is 16.2. The van der Waals surface area contributed by atoms with E-state index < -0.39 is 0 Å². The summed E-state index contributed by atoms with van der Waals surface area (Å²) in [6.07, 6.45) is 1.57. The molecule has 5 heteroatoms. The van der Waals surface area contributed by atoms with Crippen molar-refractivity contribution in [2.24, 2.45) is 0 Å². The Hall–Kier alpha value is -2.56. The van der Waals surface area contributed by atoms with Gasteiger partial charge in [0.1, 0.15) is 6.54 Å². The molecule has 1 amide bonds. The van der Waals surface area contributed by atoms with E-state index in [1.807, 2.05) is 30.3 Å². The normalized spacial score (nSPS) is 9.78. The van der Waals surface area contributed by atoms with Crippen LogP contribution in [0.3, 0.4) is 0 Å². The summed E-state index contributed by atoms with van der Waals surface area (Å²) in [5.74, 6) is -0.285. The number of rotatable bonds is 4. The van der Waals surface area contributed by atoms with Crippen LogP contribution in [0.4, 0.5) is 5.69 Å². The van der Waals surface area contributed by atoms with Crippen LogP contribution < -0.4 is 16.4 Å². The van der Waals surface area contributed by atoms with Crippen LogP contribution in [0.5, 0.6) is 0 Å². The molecule has 0 saturated carbocycles. The van der Waals surface area contributed by atoms with Crippen molar-refractivity contribution in [3.63, 3.8) is 0 Å². The number of hydrogen-bond donors (Lipinski definition) is 2. The van der Waals surface area contributed by atoms with E-state index in [0.717, 1.165) is 5.69 Å². The SMILES string of the molecule is O=C(Cn1ccccc1=O)NNc1ccccc1. The lowest BCUT2D eigenvalue weighted by Gasteiger charge is -2.09. The number of carbonyl (C=O) groups excluding carboxylic acids is 1. The predicted octanol–water partition coefficient (Wildman–Crippen LogP) is 0.992. The van der Waals surface area contributed by atoms with E-state index in [2.05, 4.69) is 10.9 Å². The van der Waals surface area contributed by atoms with Crippen molar-refractivity contribution >= 4 is 11.6 Å². The molecule has 2 rings (SSSR count). The van der Waals surface area contributed by atoms with Crippen molar-refractivity contribution in [1.29, 1.82) is 0 Å². The van der Waals surface area contributed by atoms with E-state index in [1.165, 1.54) is 10.6 Å². The van der Waals surface area contributed by atoms with Crippen LogP contribution >= 0.6 is 0 Å². The Morgan fingerprint density at radius 1 is 1.06 bits per heavy atom. The third-order valence-electron chi connectivity index (χ3n) is 2.33. The molecule has 1 heterocycles. The quantitative estimate of drug-likeness (QED) is 0.787. The number of benzene rings is 1. The number of hydrazine groups is 1. The monoisotopic (exact) mass is 243 g/mol. The molecule has 0 atom stereocenters. The fraction of sp³-hybridized carbons (Fsp3) is 0.0769. The zero-order valence-corrected chi connectivity index (χ0v) is 9.67. The fourth-order valence-electron chi connectivity index (χ4n) is 1.45. The van der Waals surface area contributed by atoms with E-state index in [4.69, 9.17) is 0 Å². The summed E-state index contributed by atoms with van der Waals surface area (Å²) in [6.45, 7) is -0.0144. The van der Waals surface area contributed by atoms with E-state index in [1.54, 1.807) is 18.3 Å². The number of nitrogens with one attached hydrogen (secondary N) is 2. The van der Waals surface area contributed by atoms with E-state index in [-0.39, 0.29) is 18.0 Å². The fourth-order valence-corrected chi connectivity index (χ4v) is 1.45. The zero-order chi connectivity index (χ0) is 12.8. The molecular weight excluding hydrogens is 230 g/mol. The molecule has 18 heavy (non-hydrogen) atoms. The maximum Gasteiger partial charge on any atom is 0.258 e. The van der Waals surface area contributed by atoms with Gasteiger partial charge in [0.2, 0.25) is 0 Å². The Morgan fingerprint density at radius 2 is 1.78 bits per heavy atom. The number of amides is 1. The van der Waals surface area contributed by atoms with Gasteiger partial charge in [0.15, 0.2) is 0 Å². The zero-order valence-electron chi connectivity index (χ0n) is 9.67. The molecular formula is C13H13N3O2. The number of pyridine rings is 1. The standard InChI is InChI=1S/C13H13N3O2/c17-12(10-16-9-5-4-8-13(16)18)15-14-11-6-2-1-3-7-11/h1-9,14H,10H2,(H,15,17). The molecule has 2 N–H and O–H groups in total. The van der Waals surface area contributed by atoms with Crippen molar-refractivity contribution in [2.75, 3.05) is 5.43 Å². The molecule has 0 saturated heterocycles. The van der Waals surface area contributed by atoms with E-state index in [0.29, 0.717) is 0 Å².